The molecule has 19 heavy (non-hydrogen) atoms. The molecule has 2 fully saturated rings. The van der Waals surface area contributed by atoms with Crippen molar-refractivity contribution in [2.75, 3.05) is 37.6 Å². The van der Waals surface area contributed by atoms with Crippen LogP contribution < -0.4 is 15.5 Å². The molecule has 0 atom stereocenters. The lowest BCUT2D eigenvalue weighted by molar-refractivity contribution is 0.551. The predicted molar refractivity (Wildman–Crippen MR) is 73.6 cm³/mol. The number of hydrogen-bond acceptors (Lipinski definition) is 6. The van der Waals surface area contributed by atoms with E-state index in [4.69, 9.17) is 0 Å². The van der Waals surface area contributed by atoms with E-state index in [2.05, 4.69) is 25.5 Å². The summed E-state index contributed by atoms with van der Waals surface area (Å²) < 4.78 is 0. The van der Waals surface area contributed by atoms with Gasteiger partial charge in [-0.05, 0) is 18.9 Å². The van der Waals surface area contributed by atoms with E-state index >= 15 is 0 Å². The molecule has 0 bridgehead atoms. The molecule has 2 saturated heterocycles. The number of rotatable bonds is 1. The van der Waals surface area contributed by atoms with Gasteiger partial charge in [-0.1, -0.05) is 0 Å². The molecule has 102 valence electrons. The third kappa shape index (κ3) is 4.35. The number of nitrogens with zero attached hydrogens (tertiary/aromatic N) is 3. The first-order valence-corrected chi connectivity index (χ1v) is 6.60. The minimum atomic E-state index is 0.635. The van der Waals surface area contributed by atoms with Gasteiger partial charge in [0.05, 0.1) is 0 Å². The first-order valence-electron chi connectivity index (χ1n) is 6.60. The molecule has 0 radical (unpaired) electrons. The van der Waals surface area contributed by atoms with Crippen LogP contribution in [0.25, 0.3) is 0 Å². The van der Waals surface area contributed by atoms with Crippen LogP contribution in [0.5, 0.6) is 0 Å². The Hall–Kier alpha value is -1.91. The van der Waals surface area contributed by atoms with Gasteiger partial charge in [-0.3, -0.25) is 0 Å². The van der Waals surface area contributed by atoms with Gasteiger partial charge >= 0.3 is 0 Å². The second-order valence-corrected chi connectivity index (χ2v) is 4.43. The molecule has 0 saturated carbocycles. The second kappa shape index (κ2) is 7.51. The highest BCUT2D eigenvalue weighted by atomic mass is 16.1. The largest absolute Gasteiger partial charge is 0.377 e. The van der Waals surface area contributed by atoms with Gasteiger partial charge in [-0.15, -0.1) is 0 Å². The molecule has 3 heterocycles. The molecule has 0 amide bonds. The number of carbonyl (C=O) groups excluding carboxylic acids is 1. The van der Waals surface area contributed by atoms with E-state index in [1.807, 2.05) is 6.07 Å². The lowest BCUT2D eigenvalue weighted by atomic mass is 10.4. The van der Waals surface area contributed by atoms with Gasteiger partial charge in [0, 0.05) is 45.1 Å². The van der Waals surface area contributed by atoms with Crippen molar-refractivity contribution < 1.29 is 4.79 Å². The van der Waals surface area contributed by atoms with Crippen LogP contribution in [0.2, 0.25) is 0 Å². The van der Waals surface area contributed by atoms with Crippen LogP contribution in [0.3, 0.4) is 0 Å². The van der Waals surface area contributed by atoms with Crippen molar-refractivity contribution in [3.63, 3.8) is 0 Å². The molecule has 2 N–H and O–H groups in total. The fourth-order valence-corrected chi connectivity index (χ4v) is 2.02. The summed E-state index contributed by atoms with van der Waals surface area (Å²) in [5.41, 5.74) is 0.635. The highest BCUT2D eigenvalue weighted by Gasteiger charge is 2.13. The molecule has 6 nitrogen and oxygen atoms in total. The van der Waals surface area contributed by atoms with E-state index in [1.165, 1.54) is 12.8 Å². The van der Waals surface area contributed by atoms with Gasteiger partial charge in [-0.25, -0.2) is 14.8 Å². The Balaban J connectivity index is 0.000000148. The van der Waals surface area contributed by atoms with E-state index in [0.717, 1.165) is 32.1 Å². The predicted octanol–water partition coefficient (Wildman–Crippen LogP) is -0.0285. The van der Waals surface area contributed by atoms with Crippen LogP contribution in [-0.4, -0.2) is 48.6 Å². The molecule has 0 unspecified atom stereocenters. The third-order valence-corrected chi connectivity index (χ3v) is 3.01. The van der Waals surface area contributed by atoms with Crippen LogP contribution in [0.15, 0.2) is 24.2 Å². The van der Waals surface area contributed by atoms with Crippen molar-refractivity contribution in [2.45, 2.75) is 12.8 Å². The van der Waals surface area contributed by atoms with Gasteiger partial charge < -0.3 is 15.5 Å². The van der Waals surface area contributed by atoms with E-state index in [9.17, 15) is 4.79 Å². The lowest BCUT2D eigenvalue weighted by Crippen LogP contribution is -2.38. The second-order valence-electron chi connectivity index (χ2n) is 4.43. The molecule has 0 aliphatic carbocycles. The minimum Gasteiger partial charge on any atom is -0.377 e. The number of nitrogens with one attached hydrogen (secondary N) is 2. The maximum atomic E-state index is 9.90. The topological polar surface area (TPSA) is 70.2 Å². The van der Waals surface area contributed by atoms with E-state index in [-0.39, 0.29) is 0 Å². The van der Waals surface area contributed by atoms with Crippen LogP contribution in [0, 0.1) is 0 Å². The maximum absolute atomic E-state index is 9.90. The van der Waals surface area contributed by atoms with E-state index < -0.39 is 0 Å². The molecule has 1 aromatic rings. The van der Waals surface area contributed by atoms with Crippen molar-refractivity contribution in [3.8, 4) is 0 Å². The van der Waals surface area contributed by atoms with Crippen molar-refractivity contribution in [2.24, 2.45) is 0 Å². The van der Waals surface area contributed by atoms with Crippen molar-refractivity contribution in [1.29, 1.82) is 0 Å². The average molecular weight is 261 g/mol. The van der Waals surface area contributed by atoms with Crippen molar-refractivity contribution >= 4 is 11.9 Å². The lowest BCUT2D eigenvalue weighted by Gasteiger charge is -2.13. The number of hydrogen-bond donors (Lipinski definition) is 2. The van der Waals surface area contributed by atoms with Gasteiger partial charge in [0.1, 0.15) is 11.6 Å². The summed E-state index contributed by atoms with van der Waals surface area (Å²) in [7, 11) is 0. The summed E-state index contributed by atoms with van der Waals surface area (Å²) in [5.74, 6) is 2.68. The van der Waals surface area contributed by atoms with E-state index in [0.29, 0.717) is 12.2 Å². The maximum Gasteiger partial charge on any atom is 0.225 e. The van der Waals surface area contributed by atoms with Crippen LogP contribution >= 0.6 is 0 Å². The Morgan fingerprint density at radius 3 is 2.42 bits per heavy atom. The molecule has 2 aliphatic heterocycles. The zero-order valence-corrected chi connectivity index (χ0v) is 10.9. The Bertz CT molecular complexity index is 416. The molecule has 6 heteroatoms. The molecular weight excluding hydrogens is 242 g/mol. The number of aromatic nitrogens is 2. The zero-order chi connectivity index (χ0) is 13.3. The summed E-state index contributed by atoms with van der Waals surface area (Å²) in [6.07, 6.45) is 6.14. The van der Waals surface area contributed by atoms with Crippen LogP contribution in [0.4, 0.5) is 5.95 Å². The quantitative estimate of drug-likeness (QED) is 0.692. The van der Waals surface area contributed by atoms with Crippen LogP contribution in [0.1, 0.15) is 12.8 Å². The SMILES string of the molecule is O=C=C1CNCCN1.c1cnc(N2CCCC2)nc1. The molecule has 0 spiro atoms. The summed E-state index contributed by atoms with van der Waals surface area (Å²) in [5, 5.41) is 5.92. The van der Waals surface area contributed by atoms with Crippen LogP contribution in [-0.2, 0) is 4.79 Å². The summed E-state index contributed by atoms with van der Waals surface area (Å²) in [4.78, 5) is 20.5. The number of piperazine rings is 1. The van der Waals surface area contributed by atoms with Gasteiger partial charge in [0.25, 0.3) is 0 Å². The van der Waals surface area contributed by atoms with Gasteiger partial charge in [0.2, 0.25) is 5.95 Å². The van der Waals surface area contributed by atoms with Crippen molar-refractivity contribution in [3.05, 3.63) is 24.2 Å². The Morgan fingerprint density at radius 1 is 1.16 bits per heavy atom. The summed E-state index contributed by atoms with van der Waals surface area (Å²) in [6, 6.07) is 1.85. The highest BCUT2D eigenvalue weighted by molar-refractivity contribution is 5.52. The molecule has 1 aromatic heterocycles. The normalized spacial score (nSPS) is 18.1. The standard InChI is InChI=1S/C8H11N3.C5H8N2O/c1-2-7-11(6-1)8-9-4-3-5-10-8;8-4-5-3-6-1-2-7-5/h3-5H,1-2,6-7H2;6-7H,1-3H2. The van der Waals surface area contributed by atoms with Gasteiger partial charge in [0.15, 0.2) is 0 Å². The third-order valence-electron chi connectivity index (χ3n) is 3.01. The molecule has 2 aliphatic rings. The Labute approximate surface area is 112 Å². The molecule has 3 rings (SSSR count). The Kier molecular flexibility index (Phi) is 5.34. The van der Waals surface area contributed by atoms with E-state index in [1.54, 1.807) is 18.3 Å². The van der Waals surface area contributed by atoms with Crippen molar-refractivity contribution in [1.82, 2.24) is 20.6 Å². The first-order chi connectivity index (χ1) is 9.40. The minimum absolute atomic E-state index is 0.635. The zero-order valence-electron chi connectivity index (χ0n) is 10.9. The molecule has 0 aromatic carbocycles. The van der Waals surface area contributed by atoms with Gasteiger partial charge in [-0.2, -0.15) is 0 Å². The first kappa shape index (κ1) is 13.5. The fraction of sp³-hybridized carbons (Fsp3) is 0.538. The summed E-state index contributed by atoms with van der Waals surface area (Å²) in [6.45, 7) is 4.65. The Morgan fingerprint density at radius 2 is 1.89 bits per heavy atom. The monoisotopic (exact) mass is 261 g/mol. The average Bonchev–Trinajstić information content (AvgIpc) is 3.04. The highest BCUT2D eigenvalue weighted by Crippen LogP contribution is 2.13. The fourth-order valence-electron chi connectivity index (χ4n) is 2.02. The number of anilines is 1. The smallest absolute Gasteiger partial charge is 0.225 e. The molecular formula is C13H19N5O. The summed E-state index contributed by atoms with van der Waals surface area (Å²) >= 11 is 0.